The van der Waals surface area contributed by atoms with Crippen molar-refractivity contribution in [2.75, 3.05) is 32.7 Å². The Morgan fingerprint density at radius 3 is 2.32 bits per heavy atom. The highest BCUT2D eigenvalue weighted by atomic mass is 32.1. The molecule has 7 nitrogen and oxygen atoms in total. The Morgan fingerprint density at radius 1 is 1.11 bits per heavy atom. The highest BCUT2D eigenvalue weighted by Crippen LogP contribution is 2.14. The lowest BCUT2D eigenvalue weighted by atomic mass is 10.2. The van der Waals surface area contributed by atoms with E-state index in [9.17, 15) is 4.79 Å². The van der Waals surface area contributed by atoms with Crippen LogP contribution in [0.3, 0.4) is 0 Å². The first-order valence-electron chi connectivity index (χ1n) is 9.81. The number of nitrogens with zero attached hydrogens (tertiary/aromatic N) is 5. The third kappa shape index (κ3) is 5.06. The number of amides is 1. The summed E-state index contributed by atoms with van der Waals surface area (Å²) in [7, 11) is 0. The fraction of sp³-hybridized carbons (Fsp3) is 0.550. The number of aryl methyl sites for hydroxylation is 2. The molecule has 0 bridgehead atoms. The molecule has 2 aromatic rings. The van der Waals surface area contributed by atoms with Crippen LogP contribution in [0.15, 0.2) is 24.3 Å². The van der Waals surface area contributed by atoms with Crippen LogP contribution in [0, 0.1) is 18.6 Å². The summed E-state index contributed by atoms with van der Waals surface area (Å²) in [5.74, 6) is 0.982. The van der Waals surface area contributed by atoms with Gasteiger partial charge in [0.1, 0.15) is 5.82 Å². The van der Waals surface area contributed by atoms with Crippen molar-refractivity contribution < 1.29 is 4.79 Å². The predicted octanol–water partition coefficient (Wildman–Crippen LogP) is 2.12. The molecule has 0 spiro atoms. The van der Waals surface area contributed by atoms with E-state index in [2.05, 4.69) is 51.4 Å². The largest absolute Gasteiger partial charge is 0.353 e. The molecular weight excluding hydrogens is 372 g/mol. The summed E-state index contributed by atoms with van der Waals surface area (Å²) in [4.78, 5) is 16.5. The minimum atomic E-state index is 0.0955. The molecule has 1 amide bonds. The van der Waals surface area contributed by atoms with E-state index in [4.69, 9.17) is 12.2 Å². The number of nitrogens with one attached hydrogen (secondary N) is 1. The zero-order valence-corrected chi connectivity index (χ0v) is 18.0. The van der Waals surface area contributed by atoms with Crippen molar-refractivity contribution in [1.82, 2.24) is 29.5 Å². The lowest BCUT2D eigenvalue weighted by Crippen LogP contribution is -2.50. The molecule has 1 aromatic carbocycles. The van der Waals surface area contributed by atoms with Gasteiger partial charge in [0.05, 0.1) is 13.2 Å². The van der Waals surface area contributed by atoms with E-state index in [-0.39, 0.29) is 11.9 Å². The number of carbonyl (C=O) groups is 1. The summed E-state index contributed by atoms with van der Waals surface area (Å²) in [5.41, 5.74) is 2.26. The summed E-state index contributed by atoms with van der Waals surface area (Å²) in [6.45, 7) is 12.7. The molecule has 2 heterocycles. The molecule has 1 saturated heterocycles. The zero-order valence-electron chi connectivity index (χ0n) is 17.2. The second-order valence-corrected chi connectivity index (χ2v) is 8.12. The van der Waals surface area contributed by atoms with Gasteiger partial charge in [0.2, 0.25) is 10.7 Å². The molecule has 3 rings (SSSR count). The van der Waals surface area contributed by atoms with Crippen LogP contribution in [0.4, 0.5) is 0 Å². The lowest BCUT2D eigenvalue weighted by molar-refractivity contribution is -0.123. The second-order valence-electron chi connectivity index (χ2n) is 7.76. The summed E-state index contributed by atoms with van der Waals surface area (Å²) in [5, 5.41) is 7.61. The SMILES string of the molecule is Cc1ccc(-n2c(C)nn(CN3CCN(CC(=O)NC(C)C)CC3)c2=S)cc1. The van der Waals surface area contributed by atoms with Crippen molar-refractivity contribution in [1.29, 1.82) is 0 Å². The monoisotopic (exact) mass is 402 g/mol. The summed E-state index contributed by atoms with van der Waals surface area (Å²) < 4.78 is 4.62. The van der Waals surface area contributed by atoms with E-state index in [0.717, 1.165) is 37.7 Å². The van der Waals surface area contributed by atoms with Gasteiger partial charge in [0.15, 0.2) is 0 Å². The number of aromatic nitrogens is 3. The summed E-state index contributed by atoms with van der Waals surface area (Å²) >= 11 is 5.69. The third-order valence-electron chi connectivity index (χ3n) is 4.91. The maximum atomic E-state index is 11.9. The average Bonchev–Trinajstić information content (AvgIpc) is 2.90. The van der Waals surface area contributed by atoms with Gasteiger partial charge in [-0.1, -0.05) is 17.7 Å². The van der Waals surface area contributed by atoms with Gasteiger partial charge >= 0.3 is 0 Å². The van der Waals surface area contributed by atoms with Crippen LogP contribution in [-0.4, -0.2) is 68.8 Å². The molecular formula is C20H30N6OS. The van der Waals surface area contributed by atoms with Crippen molar-refractivity contribution in [3.05, 3.63) is 40.4 Å². The quantitative estimate of drug-likeness (QED) is 0.750. The van der Waals surface area contributed by atoms with Crippen LogP contribution in [0.1, 0.15) is 25.2 Å². The van der Waals surface area contributed by atoms with Crippen LogP contribution in [-0.2, 0) is 11.5 Å². The number of hydrogen-bond acceptors (Lipinski definition) is 5. The van der Waals surface area contributed by atoms with E-state index in [0.29, 0.717) is 18.0 Å². The number of carbonyl (C=O) groups excluding carboxylic acids is 1. The molecule has 0 saturated carbocycles. The van der Waals surface area contributed by atoms with Gasteiger partial charge in [0, 0.05) is 37.9 Å². The van der Waals surface area contributed by atoms with Gasteiger partial charge in [-0.2, -0.15) is 5.10 Å². The first kappa shape index (κ1) is 20.7. The van der Waals surface area contributed by atoms with E-state index >= 15 is 0 Å². The Morgan fingerprint density at radius 2 is 1.71 bits per heavy atom. The molecule has 8 heteroatoms. The molecule has 1 aliphatic heterocycles. The highest BCUT2D eigenvalue weighted by molar-refractivity contribution is 7.71. The Kier molecular flexibility index (Phi) is 6.64. The summed E-state index contributed by atoms with van der Waals surface area (Å²) in [6.07, 6.45) is 0. The fourth-order valence-electron chi connectivity index (χ4n) is 3.45. The van der Waals surface area contributed by atoms with Crippen molar-refractivity contribution in [2.24, 2.45) is 0 Å². The molecule has 0 unspecified atom stereocenters. The number of rotatable bonds is 6. The minimum absolute atomic E-state index is 0.0955. The van der Waals surface area contributed by atoms with Crippen molar-refractivity contribution in [3.63, 3.8) is 0 Å². The van der Waals surface area contributed by atoms with E-state index in [1.807, 2.05) is 30.0 Å². The predicted molar refractivity (Wildman–Crippen MR) is 113 cm³/mol. The number of benzene rings is 1. The smallest absolute Gasteiger partial charge is 0.234 e. The Bertz CT molecular complexity index is 862. The molecule has 1 N–H and O–H groups in total. The van der Waals surface area contributed by atoms with Crippen molar-refractivity contribution >= 4 is 18.1 Å². The van der Waals surface area contributed by atoms with Gasteiger partial charge in [0.25, 0.3) is 0 Å². The molecule has 28 heavy (non-hydrogen) atoms. The molecule has 0 radical (unpaired) electrons. The molecule has 1 aromatic heterocycles. The van der Waals surface area contributed by atoms with Crippen LogP contribution in [0.5, 0.6) is 0 Å². The standard InChI is InChI=1S/C20H30N6OS/c1-15(2)21-19(27)13-23-9-11-24(12-10-23)14-25-20(28)26(17(4)22-25)18-7-5-16(3)6-8-18/h5-8,15H,9-14H2,1-4H3,(H,21,27). The highest BCUT2D eigenvalue weighted by Gasteiger charge is 2.20. The van der Waals surface area contributed by atoms with Crippen LogP contribution < -0.4 is 5.32 Å². The van der Waals surface area contributed by atoms with E-state index in [1.165, 1.54) is 5.56 Å². The van der Waals surface area contributed by atoms with Crippen LogP contribution in [0.25, 0.3) is 5.69 Å². The van der Waals surface area contributed by atoms with E-state index in [1.54, 1.807) is 0 Å². The maximum absolute atomic E-state index is 11.9. The minimum Gasteiger partial charge on any atom is -0.353 e. The average molecular weight is 403 g/mol. The Balaban J connectivity index is 1.60. The first-order valence-corrected chi connectivity index (χ1v) is 10.2. The topological polar surface area (TPSA) is 58.3 Å². The van der Waals surface area contributed by atoms with Crippen LogP contribution >= 0.6 is 12.2 Å². The normalized spacial score (nSPS) is 15.9. The van der Waals surface area contributed by atoms with Gasteiger partial charge in [-0.25, -0.2) is 4.68 Å². The second kappa shape index (κ2) is 8.98. The Labute approximate surface area is 171 Å². The summed E-state index contributed by atoms with van der Waals surface area (Å²) in [6, 6.07) is 8.50. The van der Waals surface area contributed by atoms with Gasteiger partial charge in [-0.15, -0.1) is 0 Å². The van der Waals surface area contributed by atoms with Gasteiger partial charge < -0.3 is 5.32 Å². The molecule has 152 valence electrons. The van der Waals surface area contributed by atoms with Crippen molar-refractivity contribution in [3.8, 4) is 5.69 Å². The van der Waals surface area contributed by atoms with Gasteiger partial charge in [-0.3, -0.25) is 19.2 Å². The molecule has 1 fully saturated rings. The van der Waals surface area contributed by atoms with Gasteiger partial charge in [-0.05, 0) is 52.0 Å². The molecule has 0 aliphatic carbocycles. The molecule has 0 atom stereocenters. The number of piperazine rings is 1. The first-order chi connectivity index (χ1) is 13.3. The third-order valence-corrected chi connectivity index (χ3v) is 5.30. The molecule has 1 aliphatic rings. The number of hydrogen-bond donors (Lipinski definition) is 1. The zero-order chi connectivity index (χ0) is 20.3. The van der Waals surface area contributed by atoms with Crippen LogP contribution in [0.2, 0.25) is 0 Å². The Hall–Kier alpha value is -2.03. The van der Waals surface area contributed by atoms with Crippen molar-refractivity contribution in [2.45, 2.75) is 40.4 Å². The fourth-order valence-corrected chi connectivity index (χ4v) is 3.78. The lowest BCUT2D eigenvalue weighted by Gasteiger charge is -2.34. The van der Waals surface area contributed by atoms with E-state index < -0.39 is 0 Å². The maximum Gasteiger partial charge on any atom is 0.234 e.